The number of urea groups is 1. The Morgan fingerprint density at radius 1 is 1.43 bits per heavy atom. The molecule has 122 valence electrons. The first-order valence-corrected chi connectivity index (χ1v) is 7.17. The molecule has 0 aliphatic carbocycles. The Bertz CT molecular complexity index is 360. The number of unbranched alkanes of at least 4 members (excludes halogenated alkanes) is 1. The molecule has 1 aliphatic heterocycles. The van der Waals surface area contributed by atoms with Crippen molar-refractivity contribution >= 4 is 41.9 Å². The van der Waals surface area contributed by atoms with E-state index in [1.54, 1.807) is 0 Å². The average molecular weight is 411 g/mol. The molecule has 1 saturated heterocycles. The van der Waals surface area contributed by atoms with Gasteiger partial charge in [-0.05, 0) is 13.3 Å². The molecule has 0 aromatic carbocycles. The van der Waals surface area contributed by atoms with E-state index in [0.29, 0.717) is 13.1 Å². The third kappa shape index (κ3) is 6.49. The average Bonchev–Trinajstić information content (AvgIpc) is 2.75. The van der Waals surface area contributed by atoms with Gasteiger partial charge in [-0.25, -0.2) is 4.79 Å². The van der Waals surface area contributed by atoms with Gasteiger partial charge in [-0.15, -0.1) is 24.0 Å². The summed E-state index contributed by atoms with van der Waals surface area (Å²) >= 11 is 0. The number of guanidine groups is 1. The molecule has 1 heterocycles. The van der Waals surface area contributed by atoms with E-state index in [9.17, 15) is 9.59 Å². The van der Waals surface area contributed by atoms with E-state index in [4.69, 9.17) is 0 Å². The zero-order valence-electron chi connectivity index (χ0n) is 13.0. The molecule has 0 aromatic rings. The maximum absolute atomic E-state index is 11.4. The van der Waals surface area contributed by atoms with Crippen molar-refractivity contribution in [3.8, 4) is 0 Å². The molecule has 0 bridgehead atoms. The van der Waals surface area contributed by atoms with Gasteiger partial charge in [0.15, 0.2) is 5.96 Å². The highest BCUT2D eigenvalue weighted by molar-refractivity contribution is 14.0. The Morgan fingerprint density at radius 2 is 2.14 bits per heavy atom. The molecule has 0 atom stereocenters. The van der Waals surface area contributed by atoms with E-state index >= 15 is 0 Å². The number of nitrogens with one attached hydrogen (secondary N) is 2. The van der Waals surface area contributed by atoms with Gasteiger partial charge >= 0.3 is 6.03 Å². The summed E-state index contributed by atoms with van der Waals surface area (Å²) in [6.07, 6.45) is 2.24. The van der Waals surface area contributed by atoms with Gasteiger partial charge in [0.25, 0.3) is 0 Å². The number of carbonyl (C=O) groups is 2. The van der Waals surface area contributed by atoms with Crippen LogP contribution < -0.4 is 10.6 Å². The van der Waals surface area contributed by atoms with Crippen molar-refractivity contribution in [2.75, 3.05) is 39.8 Å². The van der Waals surface area contributed by atoms with Crippen molar-refractivity contribution < 1.29 is 9.59 Å². The molecule has 21 heavy (non-hydrogen) atoms. The fourth-order valence-electron chi connectivity index (χ4n) is 1.91. The van der Waals surface area contributed by atoms with Crippen molar-refractivity contribution in [2.24, 2.45) is 4.99 Å². The van der Waals surface area contributed by atoms with Crippen LogP contribution in [0, 0.1) is 0 Å². The van der Waals surface area contributed by atoms with E-state index in [0.717, 1.165) is 31.9 Å². The summed E-state index contributed by atoms with van der Waals surface area (Å²) in [5, 5.41) is 5.71. The molecule has 1 aliphatic rings. The molecule has 1 rings (SSSR count). The Kier molecular flexibility index (Phi) is 10.1. The number of hydrogen-bond acceptors (Lipinski definition) is 3. The summed E-state index contributed by atoms with van der Waals surface area (Å²) in [6, 6.07) is -0.325. The second-order valence-corrected chi connectivity index (χ2v) is 4.71. The number of rotatable bonds is 7. The highest BCUT2D eigenvalue weighted by atomic mass is 127. The van der Waals surface area contributed by atoms with E-state index in [-0.39, 0.29) is 42.5 Å². The molecule has 2 N–H and O–H groups in total. The number of nitrogens with zero attached hydrogens (tertiary/aromatic N) is 3. The van der Waals surface area contributed by atoms with Gasteiger partial charge in [-0.1, -0.05) is 13.3 Å². The quantitative estimate of drug-likeness (QED) is 0.282. The van der Waals surface area contributed by atoms with E-state index < -0.39 is 0 Å². The molecule has 1 fully saturated rings. The lowest BCUT2D eigenvalue weighted by Crippen LogP contribution is -2.40. The maximum atomic E-state index is 11.4. The van der Waals surface area contributed by atoms with Crippen LogP contribution in [0.15, 0.2) is 4.99 Å². The lowest BCUT2D eigenvalue weighted by atomic mass is 10.3. The highest BCUT2D eigenvalue weighted by Crippen LogP contribution is 1.99. The third-order valence-electron chi connectivity index (χ3n) is 3.07. The first kappa shape index (κ1) is 19.9. The molecule has 3 amide bonds. The number of hydrogen-bond donors (Lipinski definition) is 2. The topological polar surface area (TPSA) is 77.0 Å². The molecule has 0 saturated carbocycles. The monoisotopic (exact) mass is 411 g/mol. The van der Waals surface area contributed by atoms with Gasteiger partial charge in [-0.3, -0.25) is 14.7 Å². The van der Waals surface area contributed by atoms with Crippen LogP contribution in [0.1, 0.15) is 26.7 Å². The molecule has 0 aromatic heterocycles. The lowest BCUT2D eigenvalue weighted by molar-refractivity contribution is -0.124. The van der Waals surface area contributed by atoms with Crippen LogP contribution in [0.25, 0.3) is 0 Å². The predicted molar refractivity (Wildman–Crippen MR) is 94.0 cm³/mol. The van der Waals surface area contributed by atoms with Gasteiger partial charge in [0, 0.05) is 20.1 Å². The van der Waals surface area contributed by atoms with Crippen LogP contribution in [0.3, 0.4) is 0 Å². The molecule has 0 radical (unpaired) electrons. The number of amides is 3. The van der Waals surface area contributed by atoms with Gasteiger partial charge in [0.2, 0.25) is 5.91 Å². The predicted octanol–water partition coefficient (Wildman–Crippen LogP) is 0.854. The van der Waals surface area contributed by atoms with E-state index in [2.05, 4.69) is 27.4 Å². The van der Waals surface area contributed by atoms with Crippen LogP contribution in [0.2, 0.25) is 0 Å². The van der Waals surface area contributed by atoms with Crippen LogP contribution in [0.4, 0.5) is 4.79 Å². The Morgan fingerprint density at radius 3 is 2.67 bits per heavy atom. The molecule has 0 unspecified atom stereocenters. The molecular weight excluding hydrogens is 385 g/mol. The fraction of sp³-hybridized carbons (Fsp3) is 0.769. The minimum absolute atomic E-state index is 0. The summed E-state index contributed by atoms with van der Waals surface area (Å²) in [5.74, 6) is 0.627. The zero-order valence-corrected chi connectivity index (χ0v) is 15.3. The second kappa shape index (κ2) is 10.6. The van der Waals surface area contributed by atoms with Crippen molar-refractivity contribution in [1.29, 1.82) is 0 Å². The SMILES string of the molecule is CCCCN(C)C(=NCCN1C(=O)CNC1=O)NCC.I. The van der Waals surface area contributed by atoms with Crippen molar-refractivity contribution in [1.82, 2.24) is 20.4 Å². The van der Waals surface area contributed by atoms with Gasteiger partial charge < -0.3 is 15.5 Å². The second-order valence-electron chi connectivity index (χ2n) is 4.71. The normalized spacial score (nSPS) is 14.8. The summed E-state index contributed by atoms with van der Waals surface area (Å²) < 4.78 is 0. The largest absolute Gasteiger partial charge is 0.357 e. The maximum Gasteiger partial charge on any atom is 0.324 e. The molecule has 7 nitrogen and oxygen atoms in total. The zero-order chi connectivity index (χ0) is 15.0. The Labute approximate surface area is 143 Å². The summed E-state index contributed by atoms with van der Waals surface area (Å²) in [4.78, 5) is 30.5. The standard InChI is InChI=1S/C13H25N5O2.HI/c1-4-6-8-17(3)12(14-5-2)15-7-9-18-11(19)10-16-13(18)20;/h4-10H2,1-3H3,(H,14,15)(H,16,20);1H. The van der Waals surface area contributed by atoms with E-state index in [1.165, 1.54) is 4.90 Å². The van der Waals surface area contributed by atoms with Gasteiger partial charge in [-0.2, -0.15) is 0 Å². The number of carbonyl (C=O) groups excluding carboxylic acids is 2. The van der Waals surface area contributed by atoms with Crippen molar-refractivity contribution in [3.63, 3.8) is 0 Å². The summed E-state index contributed by atoms with van der Waals surface area (Å²) in [6.45, 7) is 6.72. The summed E-state index contributed by atoms with van der Waals surface area (Å²) in [7, 11) is 1.99. The van der Waals surface area contributed by atoms with Gasteiger partial charge in [0.05, 0.1) is 19.6 Å². The first-order valence-electron chi connectivity index (χ1n) is 7.17. The number of aliphatic imine (C=N–C) groups is 1. The number of halogens is 1. The van der Waals surface area contributed by atoms with Crippen molar-refractivity contribution in [2.45, 2.75) is 26.7 Å². The van der Waals surface area contributed by atoms with Crippen molar-refractivity contribution in [3.05, 3.63) is 0 Å². The first-order chi connectivity index (χ1) is 9.60. The van der Waals surface area contributed by atoms with Crippen LogP contribution in [0.5, 0.6) is 0 Å². The third-order valence-corrected chi connectivity index (χ3v) is 3.07. The van der Waals surface area contributed by atoms with Crippen LogP contribution in [-0.4, -0.2) is 67.5 Å². The lowest BCUT2D eigenvalue weighted by Gasteiger charge is -2.22. The van der Waals surface area contributed by atoms with Gasteiger partial charge in [0.1, 0.15) is 0 Å². The van der Waals surface area contributed by atoms with E-state index in [1.807, 2.05) is 14.0 Å². The van der Waals surface area contributed by atoms with Crippen LogP contribution in [-0.2, 0) is 4.79 Å². The highest BCUT2D eigenvalue weighted by Gasteiger charge is 2.27. The number of imide groups is 1. The molecular formula is C13H26IN5O2. The fourth-order valence-corrected chi connectivity index (χ4v) is 1.91. The van der Waals surface area contributed by atoms with Crippen LogP contribution >= 0.6 is 24.0 Å². The Hall–Kier alpha value is -1.06. The minimum Gasteiger partial charge on any atom is -0.357 e. The summed E-state index contributed by atoms with van der Waals surface area (Å²) in [5.41, 5.74) is 0. The Balaban J connectivity index is 0.00000400. The minimum atomic E-state index is -0.325. The molecule has 0 spiro atoms. The smallest absolute Gasteiger partial charge is 0.324 e. The molecule has 8 heteroatoms.